The maximum Gasteiger partial charge on any atom is 0.411 e. The minimum Gasteiger partial charge on any atom is -0.480 e. The molecule has 1 saturated heterocycles. The molecule has 47 heavy (non-hydrogen) atoms. The lowest BCUT2D eigenvalue weighted by molar-refractivity contribution is -0.142. The summed E-state index contributed by atoms with van der Waals surface area (Å²) in [6, 6.07) is 25.2. The van der Waals surface area contributed by atoms with Crippen molar-refractivity contribution in [3.8, 4) is 11.1 Å². The number of hydrogen-bond donors (Lipinski definition) is 3. The van der Waals surface area contributed by atoms with E-state index >= 15 is 0 Å². The number of benzene rings is 4. The second-order valence-corrected chi connectivity index (χ2v) is 13.0. The van der Waals surface area contributed by atoms with E-state index < -0.39 is 36.0 Å². The van der Waals surface area contributed by atoms with Crippen molar-refractivity contribution in [3.63, 3.8) is 0 Å². The summed E-state index contributed by atoms with van der Waals surface area (Å²) in [6.07, 6.45) is -0.643. The lowest BCUT2D eigenvalue weighted by Crippen LogP contribution is -2.52. The van der Waals surface area contributed by atoms with Crippen LogP contribution in [0.2, 0.25) is 10.0 Å². The van der Waals surface area contributed by atoms with Crippen molar-refractivity contribution in [2.75, 3.05) is 23.6 Å². The number of nitrogens with zero attached hydrogens (tertiary/aromatic N) is 1. The molecule has 1 aliphatic carbocycles. The van der Waals surface area contributed by atoms with Crippen LogP contribution < -0.4 is 10.6 Å². The van der Waals surface area contributed by atoms with Crippen LogP contribution in [0.15, 0.2) is 91.0 Å². The summed E-state index contributed by atoms with van der Waals surface area (Å²) in [4.78, 5) is 52.7. The highest BCUT2D eigenvalue weighted by molar-refractivity contribution is 7.99. The van der Waals surface area contributed by atoms with Crippen molar-refractivity contribution in [1.29, 1.82) is 0 Å². The number of carboxylic acids is 1. The molecule has 0 spiro atoms. The van der Waals surface area contributed by atoms with E-state index in [1.54, 1.807) is 42.5 Å². The van der Waals surface area contributed by atoms with Gasteiger partial charge in [0.15, 0.2) is 0 Å². The summed E-state index contributed by atoms with van der Waals surface area (Å²) in [5, 5.41) is 15.7. The van der Waals surface area contributed by atoms with Crippen molar-refractivity contribution in [1.82, 2.24) is 10.2 Å². The maximum absolute atomic E-state index is 13.3. The predicted octanol–water partition coefficient (Wildman–Crippen LogP) is 6.68. The molecule has 6 rings (SSSR count). The first-order chi connectivity index (χ1) is 22.7. The second kappa shape index (κ2) is 14.1. The summed E-state index contributed by atoms with van der Waals surface area (Å²) in [5.74, 6) is -1.84. The molecule has 12 heteroatoms. The van der Waals surface area contributed by atoms with Gasteiger partial charge in [-0.15, -0.1) is 11.8 Å². The fourth-order valence-electron chi connectivity index (χ4n) is 5.85. The van der Waals surface area contributed by atoms with Gasteiger partial charge in [0.05, 0.1) is 21.5 Å². The van der Waals surface area contributed by atoms with Gasteiger partial charge in [-0.3, -0.25) is 14.5 Å². The Kier molecular flexibility index (Phi) is 9.72. The smallest absolute Gasteiger partial charge is 0.411 e. The van der Waals surface area contributed by atoms with E-state index in [4.69, 9.17) is 27.9 Å². The van der Waals surface area contributed by atoms with Crippen LogP contribution in [0.1, 0.15) is 33.0 Å². The molecule has 2 atom stereocenters. The topological polar surface area (TPSA) is 125 Å². The largest absolute Gasteiger partial charge is 0.480 e. The summed E-state index contributed by atoms with van der Waals surface area (Å²) < 4.78 is 5.76. The van der Waals surface area contributed by atoms with Crippen LogP contribution in [-0.2, 0) is 20.7 Å². The van der Waals surface area contributed by atoms with Crippen LogP contribution >= 0.6 is 35.0 Å². The van der Waals surface area contributed by atoms with E-state index in [2.05, 4.69) is 22.8 Å². The van der Waals surface area contributed by atoms with Crippen molar-refractivity contribution < 1.29 is 29.0 Å². The lowest BCUT2D eigenvalue weighted by Gasteiger charge is -2.25. The fraction of sp³-hybridized carbons (Fsp3) is 0.200. The van der Waals surface area contributed by atoms with Gasteiger partial charge in [-0.05, 0) is 52.1 Å². The van der Waals surface area contributed by atoms with Crippen LogP contribution in [0.25, 0.3) is 11.1 Å². The van der Waals surface area contributed by atoms with Crippen molar-refractivity contribution >= 4 is 64.5 Å². The average Bonchev–Trinajstić information content (AvgIpc) is 3.68. The SMILES string of the molecule is O=C(Nc1ccc(C[C@H](NC(=O)C2CSCN2C(=O)OCC2c3ccccc3-c3ccccc32)C(=O)O)cc1)c1c(Cl)cccc1Cl. The molecule has 3 N–H and O–H groups in total. The third-order valence-electron chi connectivity index (χ3n) is 8.21. The molecule has 2 aliphatic rings. The Morgan fingerprint density at radius 2 is 1.49 bits per heavy atom. The zero-order chi connectivity index (χ0) is 33.1. The number of carbonyl (C=O) groups is 4. The van der Waals surface area contributed by atoms with Crippen molar-refractivity contribution in [2.24, 2.45) is 0 Å². The number of hydrogen-bond acceptors (Lipinski definition) is 6. The standard InChI is InChI=1S/C35H29Cl2N3O6S/c36-27-10-5-11-28(37)31(27)33(42)38-21-14-12-20(13-15-21)16-29(34(43)44)39-32(41)30-18-47-19-40(30)35(45)46-17-26-24-8-3-1-6-22(24)23-7-2-4-9-25(23)26/h1-15,26,29-30H,16-19H2,(H,38,42)(H,39,41)(H,43,44)/t29-,30?/m0/s1. The normalized spacial score (nSPS) is 15.8. The van der Waals surface area contributed by atoms with Gasteiger partial charge in [0.2, 0.25) is 5.91 Å². The Hall–Kier alpha value is -4.51. The molecule has 1 heterocycles. The molecule has 0 bridgehead atoms. The molecule has 0 saturated carbocycles. The van der Waals surface area contributed by atoms with Gasteiger partial charge >= 0.3 is 12.1 Å². The molecule has 1 fully saturated rings. The molecule has 0 radical (unpaired) electrons. The van der Waals surface area contributed by atoms with Gasteiger partial charge < -0.3 is 20.5 Å². The second-order valence-electron chi connectivity index (χ2n) is 11.1. The number of ether oxygens (including phenoxy) is 1. The minimum atomic E-state index is -1.25. The Morgan fingerprint density at radius 1 is 0.872 bits per heavy atom. The monoisotopic (exact) mass is 689 g/mol. The molecule has 1 unspecified atom stereocenters. The number of carboxylic acid groups (broad SMARTS) is 1. The van der Waals surface area contributed by atoms with Gasteiger partial charge in [0.1, 0.15) is 18.7 Å². The summed E-state index contributed by atoms with van der Waals surface area (Å²) in [7, 11) is 0. The molecular formula is C35H29Cl2N3O6S. The first kappa shape index (κ1) is 32.4. The highest BCUT2D eigenvalue weighted by atomic mass is 35.5. The number of amides is 3. The summed E-state index contributed by atoms with van der Waals surface area (Å²) >= 11 is 13.7. The maximum atomic E-state index is 13.3. The highest BCUT2D eigenvalue weighted by Gasteiger charge is 2.38. The average molecular weight is 691 g/mol. The van der Waals surface area contributed by atoms with Crippen molar-refractivity contribution in [2.45, 2.75) is 24.4 Å². The zero-order valence-electron chi connectivity index (χ0n) is 24.8. The van der Waals surface area contributed by atoms with E-state index in [0.717, 1.165) is 22.3 Å². The number of halogens is 2. The third kappa shape index (κ3) is 6.95. The van der Waals surface area contributed by atoms with E-state index in [-0.39, 0.29) is 40.4 Å². The molecule has 0 aromatic heterocycles. The van der Waals surface area contributed by atoms with Crippen LogP contribution in [0, 0.1) is 0 Å². The number of rotatable bonds is 9. The number of fused-ring (bicyclic) bond motifs is 3. The minimum absolute atomic E-state index is 0.0174. The number of carbonyl (C=O) groups excluding carboxylic acids is 3. The number of thioether (sulfide) groups is 1. The van der Waals surface area contributed by atoms with E-state index in [1.165, 1.54) is 16.7 Å². The van der Waals surface area contributed by atoms with Gasteiger partial charge in [-0.2, -0.15) is 0 Å². The van der Waals surface area contributed by atoms with Crippen LogP contribution in [0.4, 0.5) is 10.5 Å². The Balaban J connectivity index is 1.06. The van der Waals surface area contributed by atoms with E-state index in [9.17, 15) is 24.3 Å². The highest BCUT2D eigenvalue weighted by Crippen LogP contribution is 2.44. The van der Waals surface area contributed by atoms with E-state index in [0.29, 0.717) is 17.0 Å². The molecule has 9 nitrogen and oxygen atoms in total. The molecule has 4 aromatic rings. The van der Waals surface area contributed by atoms with E-state index in [1.807, 2.05) is 36.4 Å². The molecular weight excluding hydrogens is 661 g/mol. The van der Waals surface area contributed by atoms with Crippen LogP contribution in [-0.4, -0.2) is 64.2 Å². The number of nitrogens with one attached hydrogen (secondary N) is 2. The van der Waals surface area contributed by atoms with Crippen molar-refractivity contribution in [3.05, 3.63) is 123 Å². The first-order valence-electron chi connectivity index (χ1n) is 14.8. The third-order valence-corrected chi connectivity index (χ3v) is 9.85. The Labute approximate surface area is 285 Å². The number of aliphatic carboxylic acids is 1. The van der Waals surface area contributed by atoms with Gasteiger partial charge in [-0.25, -0.2) is 9.59 Å². The molecule has 240 valence electrons. The fourth-order valence-corrected chi connectivity index (χ4v) is 7.56. The van der Waals surface area contributed by atoms with Crippen LogP contribution in [0.3, 0.4) is 0 Å². The lowest BCUT2D eigenvalue weighted by atomic mass is 9.98. The predicted molar refractivity (Wildman–Crippen MR) is 182 cm³/mol. The summed E-state index contributed by atoms with van der Waals surface area (Å²) in [5.41, 5.74) is 5.59. The molecule has 1 aliphatic heterocycles. The Morgan fingerprint density at radius 3 is 2.11 bits per heavy atom. The summed E-state index contributed by atoms with van der Waals surface area (Å²) in [6.45, 7) is 0.113. The van der Waals surface area contributed by atoms with Gasteiger partial charge in [0.25, 0.3) is 5.91 Å². The van der Waals surface area contributed by atoms with Crippen LogP contribution in [0.5, 0.6) is 0 Å². The molecule has 4 aromatic carbocycles. The number of anilines is 1. The van der Waals surface area contributed by atoms with Gasteiger partial charge in [0, 0.05) is 23.8 Å². The first-order valence-corrected chi connectivity index (χ1v) is 16.7. The molecule has 3 amide bonds. The Bertz CT molecular complexity index is 1790. The quantitative estimate of drug-likeness (QED) is 0.179. The zero-order valence-corrected chi connectivity index (χ0v) is 27.1. The van der Waals surface area contributed by atoms with Gasteiger partial charge in [-0.1, -0.05) is 89.9 Å².